The number of amides is 1. The van der Waals surface area contributed by atoms with Gasteiger partial charge in [-0.15, -0.1) is 0 Å². The van der Waals surface area contributed by atoms with Crippen LogP contribution in [0.2, 0.25) is 0 Å². The van der Waals surface area contributed by atoms with Crippen LogP contribution in [0.4, 0.5) is 4.79 Å². The molecule has 0 N–H and O–H groups in total. The van der Waals surface area contributed by atoms with Gasteiger partial charge in [0.2, 0.25) is 0 Å². The highest BCUT2D eigenvalue weighted by Gasteiger charge is 2.23. The molecule has 0 saturated heterocycles. The number of carbonyl (C=O) groups excluding carboxylic acids is 4. The lowest BCUT2D eigenvalue weighted by molar-refractivity contribution is -0.151. The predicted octanol–water partition coefficient (Wildman–Crippen LogP) is 17.6. The van der Waals surface area contributed by atoms with Crippen LogP contribution in [0, 0.1) is 0 Å². The topological polar surface area (TPSA) is 112 Å². The maximum absolute atomic E-state index is 13.9. The minimum absolute atomic E-state index is 0.0273. The third-order valence-corrected chi connectivity index (χ3v) is 14.1. The molecule has 71 heavy (non-hydrogen) atoms. The zero-order valence-corrected chi connectivity index (χ0v) is 48.3. The van der Waals surface area contributed by atoms with E-state index in [1.807, 2.05) is 14.1 Å². The van der Waals surface area contributed by atoms with Crippen molar-refractivity contribution >= 4 is 24.0 Å². The van der Waals surface area contributed by atoms with E-state index in [0.717, 1.165) is 180 Å². The van der Waals surface area contributed by atoms with Gasteiger partial charge in [0.1, 0.15) is 24.4 Å². The third kappa shape index (κ3) is 44.8. The van der Waals surface area contributed by atoms with Crippen LogP contribution in [0.25, 0.3) is 0 Å². The van der Waals surface area contributed by atoms with Crippen molar-refractivity contribution in [1.82, 2.24) is 9.80 Å². The molecule has 1 amide bonds. The second-order valence-electron chi connectivity index (χ2n) is 21.5. The Morgan fingerprint density at radius 2 is 0.592 bits per heavy atom. The van der Waals surface area contributed by atoms with Crippen molar-refractivity contribution in [3.63, 3.8) is 0 Å². The van der Waals surface area contributed by atoms with Gasteiger partial charge in [-0.2, -0.15) is 0 Å². The van der Waals surface area contributed by atoms with Crippen molar-refractivity contribution in [3.8, 4) is 0 Å². The van der Waals surface area contributed by atoms with Crippen LogP contribution < -0.4 is 0 Å². The number of nitrogens with zero attached hydrogens (tertiary/aromatic N) is 2. The smallest absolute Gasteiger partial charge is 0.410 e. The van der Waals surface area contributed by atoms with E-state index in [-0.39, 0.29) is 54.8 Å². The maximum atomic E-state index is 13.9. The summed E-state index contributed by atoms with van der Waals surface area (Å²) in [7, 11) is 4.06. The minimum Gasteiger partial charge on any atom is -0.462 e. The van der Waals surface area contributed by atoms with Gasteiger partial charge in [0, 0.05) is 25.9 Å². The van der Waals surface area contributed by atoms with Crippen molar-refractivity contribution in [2.75, 3.05) is 33.7 Å². The van der Waals surface area contributed by atoms with Crippen LogP contribution in [0.1, 0.15) is 311 Å². The molecule has 0 fully saturated rings. The Labute approximate surface area is 439 Å². The Hall–Kier alpha value is -2.36. The minimum atomic E-state index is -0.327. The van der Waals surface area contributed by atoms with E-state index in [4.69, 9.17) is 18.9 Å². The highest BCUT2D eigenvalue weighted by molar-refractivity contribution is 5.72. The fourth-order valence-electron chi connectivity index (χ4n) is 9.63. The second kappa shape index (κ2) is 51.1. The summed E-state index contributed by atoms with van der Waals surface area (Å²) < 4.78 is 24.2. The summed E-state index contributed by atoms with van der Waals surface area (Å²) in [5.41, 5.74) is 0. The van der Waals surface area contributed by atoms with Gasteiger partial charge in [-0.05, 0) is 130 Å². The Morgan fingerprint density at radius 3 is 0.930 bits per heavy atom. The largest absolute Gasteiger partial charge is 0.462 e. The van der Waals surface area contributed by atoms with Crippen molar-refractivity contribution in [2.24, 2.45) is 0 Å². The summed E-state index contributed by atoms with van der Waals surface area (Å²) in [5.74, 6) is -0.298. The lowest BCUT2D eigenvalue weighted by Gasteiger charge is -2.26. The molecule has 0 bridgehead atoms. The Morgan fingerprint density at radius 1 is 0.296 bits per heavy atom. The van der Waals surface area contributed by atoms with E-state index in [1.54, 1.807) is 4.90 Å². The molecular weight excluding hydrogens is 889 g/mol. The molecule has 0 aromatic rings. The number of hydrogen-bond acceptors (Lipinski definition) is 9. The predicted molar refractivity (Wildman–Crippen MR) is 298 cm³/mol. The van der Waals surface area contributed by atoms with E-state index < -0.39 is 0 Å². The van der Waals surface area contributed by atoms with Gasteiger partial charge in [-0.3, -0.25) is 14.4 Å². The summed E-state index contributed by atoms with van der Waals surface area (Å²) in [4.78, 5) is 56.4. The molecule has 0 heterocycles. The van der Waals surface area contributed by atoms with Crippen molar-refractivity contribution in [1.29, 1.82) is 0 Å². The zero-order valence-electron chi connectivity index (χ0n) is 48.3. The molecule has 420 valence electrons. The molecule has 0 unspecified atom stereocenters. The van der Waals surface area contributed by atoms with Gasteiger partial charge in [-0.1, -0.05) is 183 Å². The first-order valence-electron chi connectivity index (χ1n) is 30.7. The van der Waals surface area contributed by atoms with Gasteiger partial charge in [0.25, 0.3) is 0 Å². The number of carbonyl (C=O) groups is 4. The molecule has 0 atom stereocenters. The summed E-state index contributed by atoms with van der Waals surface area (Å²) in [6, 6.07) is 0. The highest BCUT2D eigenvalue weighted by atomic mass is 16.6. The normalized spacial score (nSPS) is 11.7. The average molecular weight is 1010 g/mol. The highest BCUT2D eigenvalue weighted by Crippen LogP contribution is 2.22. The number of esters is 3. The molecule has 0 radical (unpaired) electrons. The van der Waals surface area contributed by atoms with Crippen LogP contribution in [0.15, 0.2) is 0 Å². The fraction of sp³-hybridized carbons (Fsp3) is 0.934. The first-order chi connectivity index (χ1) is 34.5. The molecule has 10 heteroatoms. The van der Waals surface area contributed by atoms with E-state index >= 15 is 0 Å². The SMILES string of the molecule is CCCCCCC(CCCCCC)OC(=O)CCCCCCCCC(CCCCCCCCC(=O)OC(CCCCCC)CCCCCC)OC(=O)N(CCCN(C)C)CCC(=O)OC(CCC)CCC. The first-order valence-corrected chi connectivity index (χ1v) is 30.7. The number of rotatable bonds is 53. The van der Waals surface area contributed by atoms with E-state index in [2.05, 4.69) is 46.4 Å². The molecule has 0 saturated carbocycles. The summed E-state index contributed by atoms with van der Waals surface area (Å²) >= 11 is 0. The molecule has 0 aliphatic carbocycles. The standard InChI is InChI=1S/C61H118N2O8/c1-9-15-19-31-42-55(43-32-20-16-10-2)69-58(64)48-37-29-25-23-27-35-46-57(71-61(67)63(52-39-51-62(7)8)53-50-60(66)68-54(40-13-5)41-14-6)47-36-28-24-26-30-38-49-59(65)70-56(44-33-21-17-11-3)45-34-22-18-12-4/h54-57H,9-53H2,1-8H3. The van der Waals surface area contributed by atoms with Crippen LogP contribution >= 0.6 is 0 Å². The lowest BCUT2D eigenvalue weighted by Crippen LogP contribution is -2.38. The number of hydrogen-bond donors (Lipinski definition) is 0. The molecule has 0 rings (SSSR count). The van der Waals surface area contributed by atoms with E-state index in [1.165, 1.54) is 77.0 Å². The summed E-state index contributed by atoms with van der Waals surface area (Å²) in [5, 5.41) is 0. The van der Waals surface area contributed by atoms with E-state index in [0.29, 0.717) is 25.9 Å². The molecule has 0 spiro atoms. The molecule has 0 aromatic heterocycles. The number of ether oxygens (including phenoxy) is 4. The van der Waals surface area contributed by atoms with Gasteiger partial charge >= 0.3 is 24.0 Å². The van der Waals surface area contributed by atoms with Crippen LogP contribution in [-0.4, -0.2) is 91.9 Å². The van der Waals surface area contributed by atoms with Crippen LogP contribution in [0.5, 0.6) is 0 Å². The zero-order chi connectivity index (χ0) is 52.4. The van der Waals surface area contributed by atoms with E-state index in [9.17, 15) is 19.2 Å². The Kier molecular flexibility index (Phi) is 49.4. The monoisotopic (exact) mass is 1010 g/mol. The molecule has 0 aliphatic heterocycles. The first kappa shape index (κ1) is 68.6. The summed E-state index contributed by atoms with van der Waals surface area (Å²) in [6.07, 6.45) is 42.3. The van der Waals surface area contributed by atoms with Gasteiger partial charge < -0.3 is 28.7 Å². The Balaban J connectivity index is 5.27. The van der Waals surface area contributed by atoms with Crippen molar-refractivity contribution < 1.29 is 38.1 Å². The van der Waals surface area contributed by atoms with Crippen molar-refractivity contribution in [3.05, 3.63) is 0 Å². The quantitative estimate of drug-likeness (QED) is 0.0334. The van der Waals surface area contributed by atoms with Crippen molar-refractivity contribution in [2.45, 2.75) is 336 Å². The van der Waals surface area contributed by atoms with Gasteiger partial charge in [0.05, 0.1) is 6.42 Å². The van der Waals surface area contributed by atoms with Crippen LogP contribution in [-0.2, 0) is 33.3 Å². The van der Waals surface area contributed by atoms with Gasteiger partial charge in [0.15, 0.2) is 0 Å². The fourth-order valence-corrected chi connectivity index (χ4v) is 9.63. The molecular formula is C61H118N2O8. The summed E-state index contributed by atoms with van der Waals surface area (Å²) in [6.45, 7) is 14.8. The third-order valence-electron chi connectivity index (χ3n) is 14.1. The lowest BCUT2D eigenvalue weighted by atomic mass is 10.0. The number of unbranched alkanes of at least 4 members (excludes halogenated alkanes) is 22. The average Bonchev–Trinajstić information content (AvgIpc) is 3.34. The van der Waals surface area contributed by atoms with Crippen LogP contribution in [0.3, 0.4) is 0 Å². The molecule has 0 aliphatic rings. The second-order valence-corrected chi connectivity index (χ2v) is 21.5. The molecule has 0 aromatic carbocycles. The maximum Gasteiger partial charge on any atom is 0.410 e. The Bertz CT molecular complexity index is 1130. The molecule has 10 nitrogen and oxygen atoms in total. The van der Waals surface area contributed by atoms with Gasteiger partial charge in [-0.25, -0.2) is 4.79 Å².